The second-order valence-electron chi connectivity index (χ2n) is 7.65. The number of anilines is 2. The Morgan fingerprint density at radius 1 is 1.08 bits per heavy atom. The van der Waals surface area contributed by atoms with E-state index in [0.717, 1.165) is 0 Å². The van der Waals surface area contributed by atoms with Crippen LogP contribution in [0.25, 0.3) is 0 Å². The van der Waals surface area contributed by atoms with Crippen molar-refractivity contribution in [3.63, 3.8) is 0 Å². The topological polar surface area (TPSA) is 148 Å². The normalized spacial score (nSPS) is 12.3. The molecule has 2 unspecified atom stereocenters. The van der Waals surface area contributed by atoms with Crippen molar-refractivity contribution in [2.75, 3.05) is 10.6 Å². The molecule has 36 heavy (non-hydrogen) atoms. The van der Waals surface area contributed by atoms with Gasteiger partial charge in [0.2, 0.25) is 17.0 Å². The number of aryl methyl sites for hydroxylation is 1. The summed E-state index contributed by atoms with van der Waals surface area (Å²) in [6, 6.07) is 11.8. The van der Waals surface area contributed by atoms with Gasteiger partial charge in [-0.2, -0.15) is 4.28 Å². The fourth-order valence-electron chi connectivity index (χ4n) is 3.16. The van der Waals surface area contributed by atoms with E-state index in [4.69, 9.17) is 4.28 Å². The van der Waals surface area contributed by atoms with Crippen LogP contribution in [0, 0.1) is 6.92 Å². The van der Waals surface area contributed by atoms with Crippen molar-refractivity contribution in [1.29, 1.82) is 0 Å². The first kappa shape index (κ1) is 26.4. The van der Waals surface area contributed by atoms with E-state index in [-0.39, 0.29) is 22.8 Å². The quantitative estimate of drug-likeness (QED) is 0.280. The summed E-state index contributed by atoms with van der Waals surface area (Å²) in [5.74, 6) is -2.41. The van der Waals surface area contributed by atoms with Crippen molar-refractivity contribution in [2.24, 2.45) is 0 Å². The molecule has 2 atom stereocenters. The lowest BCUT2D eigenvalue weighted by atomic mass is 10.1. The zero-order valence-electron chi connectivity index (χ0n) is 19.8. The second-order valence-corrected chi connectivity index (χ2v) is 8.76. The Morgan fingerprint density at radius 2 is 1.81 bits per heavy atom. The Morgan fingerprint density at radius 3 is 2.47 bits per heavy atom. The van der Waals surface area contributed by atoms with E-state index in [9.17, 15) is 23.4 Å². The molecule has 3 aromatic rings. The third-order valence-corrected chi connectivity index (χ3v) is 5.90. The van der Waals surface area contributed by atoms with E-state index >= 15 is 0 Å². The summed E-state index contributed by atoms with van der Waals surface area (Å²) >= 11 is -2.04. The maximum atomic E-state index is 13.2. The predicted molar refractivity (Wildman–Crippen MR) is 132 cm³/mol. The Labute approximate surface area is 209 Å². The maximum Gasteiger partial charge on any atom is 0.291 e. The van der Waals surface area contributed by atoms with Crippen molar-refractivity contribution in [2.45, 2.75) is 38.1 Å². The molecule has 3 rings (SSSR count). The Kier molecular flexibility index (Phi) is 8.81. The van der Waals surface area contributed by atoms with Gasteiger partial charge in [0.15, 0.2) is 17.6 Å². The molecule has 11 nitrogen and oxygen atoms in total. The van der Waals surface area contributed by atoms with Crippen molar-refractivity contribution < 1.29 is 27.7 Å². The Bertz CT molecular complexity index is 1310. The van der Waals surface area contributed by atoms with Crippen LogP contribution >= 0.6 is 0 Å². The summed E-state index contributed by atoms with van der Waals surface area (Å²) in [5, 5.41) is 5.33. The van der Waals surface area contributed by atoms with Gasteiger partial charge in [-0.3, -0.25) is 19.2 Å². The molecule has 188 valence electrons. The molecule has 0 fully saturated rings. The smallest absolute Gasteiger partial charge is 0.291 e. The summed E-state index contributed by atoms with van der Waals surface area (Å²) in [5.41, 5.74) is 3.50. The number of benzene rings is 2. The summed E-state index contributed by atoms with van der Waals surface area (Å²) in [6.07, 6.45) is 2.84. The molecule has 0 aliphatic rings. The number of hydroxylamine groups is 1. The van der Waals surface area contributed by atoms with Gasteiger partial charge in [0.05, 0.1) is 4.90 Å². The van der Waals surface area contributed by atoms with Crippen LogP contribution in [0.2, 0.25) is 0 Å². The molecule has 0 radical (unpaired) electrons. The number of carbonyl (C=O) groups excluding carboxylic acids is 4. The number of rotatable bonds is 10. The molecule has 0 saturated carbocycles. The van der Waals surface area contributed by atoms with Gasteiger partial charge in [0, 0.05) is 30.2 Å². The average Bonchev–Trinajstić information content (AvgIpc) is 3.33. The van der Waals surface area contributed by atoms with Gasteiger partial charge in [0.1, 0.15) is 0 Å². The first-order valence-electron chi connectivity index (χ1n) is 10.9. The van der Waals surface area contributed by atoms with E-state index < -0.39 is 40.6 Å². The van der Waals surface area contributed by atoms with Gasteiger partial charge in [0.25, 0.3) is 11.8 Å². The minimum Gasteiger partial charge on any atom is -0.324 e. The number of aromatic nitrogens is 2. The van der Waals surface area contributed by atoms with Gasteiger partial charge in [-0.15, -0.1) is 0 Å². The van der Waals surface area contributed by atoms with Crippen molar-refractivity contribution >= 4 is 46.0 Å². The lowest BCUT2D eigenvalue weighted by Gasteiger charge is -2.19. The number of hydrogen-bond donors (Lipinski definition) is 3. The van der Waals surface area contributed by atoms with Crippen LogP contribution in [0.5, 0.6) is 0 Å². The number of amides is 3. The highest BCUT2D eigenvalue weighted by atomic mass is 32.2. The molecule has 3 amide bonds. The highest BCUT2D eigenvalue weighted by Gasteiger charge is 2.30. The molecule has 3 N–H and O–H groups in total. The van der Waals surface area contributed by atoms with Crippen LogP contribution < -0.4 is 16.1 Å². The number of Topliss-reactive ketones (excluding diaryl/α,β-unsaturated/α-hetero) is 1. The minimum atomic E-state index is -2.04. The number of para-hydroxylation sites is 1. The van der Waals surface area contributed by atoms with E-state index in [1.54, 1.807) is 50.2 Å². The monoisotopic (exact) mass is 511 g/mol. The molecular formula is C24H25N5O6S. The summed E-state index contributed by atoms with van der Waals surface area (Å²) in [7, 11) is 0. The number of nitrogens with one attached hydrogen (secondary N) is 3. The number of carbonyl (C=O) groups is 4. The zero-order valence-corrected chi connectivity index (χ0v) is 20.6. The van der Waals surface area contributed by atoms with Crippen molar-refractivity contribution in [1.82, 2.24) is 15.0 Å². The fourth-order valence-corrected chi connectivity index (χ4v) is 3.82. The number of ketones is 1. The molecule has 0 spiro atoms. The molecule has 0 aliphatic heterocycles. The van der Waals surface area contributed by atoms with Gasteiger partial charge >= 0.3 is 0 Å². The first-order chi connectivity index (χ1) is 17.2. The highest BCUT2D eigenvalue weighted by molar-refractivity contribution is 7.80. The van der Waals surface area contributed by atoms with Gasteiger partial charge in [-0.05, 0) is 43.7 Å². The molecule has 0 aliphatic carbocycles. The first-order valence-corrected chi connectivity index (χ1v) is 12.0. The third-order valence-electron chi connectivity index (χ3n) is 5.03. The molecule has 2 aromatic carbocycles. The predicted octanol–water partition coefficient (Wildman–Crippen LogP) is 2.69. The second kappa shape index (κ2) is 12.0. The minimum absolute atomic E-state index is 0.124. The fraction of sp³-hybridized carbons (Fsp3) is 0.208. The van der Waals surface area contributed by atoms with Crippen LogP contribution in [0.1, 0.15) is 42.5 Å². The van der Waals surface area contributed by atoms with E-state index in [1.165, 1.54) is 36.0 Å². The van der Waals surface area contributed by atoms with Crippen LogP contribution in [-0.2, 0) is 29.7 Å². The number of hydrogen-bond acceptors (Lipinski definition) is 7. The van der Waals surface area contributed by atoms with Crippen LogP contribution in [0.3, 0.4) is 0 Å². The summed E-state index contributed by atoms with van der Waals surface area (Å²) in [6.45, 7) is 4.55. The van der Waals surface area contributed by atoms with Crippen LogP contribution in [0.4, 0.5) is 11.4 Å². The SMILES string of the molecule is CCC(=O)NOS(=O)c1ccc(C)c(NC(=O)C(C(C)=O)n2ccnc2C(=O)Nc2ccccc2)c1. The van der Waals surface area contributed by atoms with E-state index in [0.29, 0.717) is 11.3 Å². The van der Waals surface area contributed by atoms with Crippen LogP contribution in [0.15, 0.2) is 65.8 Å². The van der Waals surface area contributed by atoms with Crippen LogP contribution in [-0.4, -0.2) is 37.3 Å². The lowest BCUT2D eigenvalue weighted by molar-refractivity contribution is -0.129. The van der Waals surface area contributed by atoms with Gasteiger partial charge in [-0.1, -0.05) is 31.2 Å². The maximum absolute atomic E-state index is 13.2. The molecule has 1 aromatic heterocycles. The Balaban J connectivity index is 1.81. The van der Waals surface area contributed by atoms with Crippen molar-refractivity contribution in [3.05, 3.63) is 72.3 Å². The number of nitrogens with zero attached hydrogens (tertiary/aromatic N) is 2. The van der Waals surface area contributed by atoms with E-state index in [1.807, 2.05) is 0 Å². The third kappa shape index (κ3) is 6.49. The van der Waals surface area contributed by atoms with Crippen molar-refractivity contribution in [3.8, 4) is 0 Å². The highest BCUT2D eigenvalue weighted by Crippen LogP contribution is 2.22. The molecule has 1 heterocycles. The summed E-state index contributed by atoms with van der Waals surface area (Å²) in [4.78, 5) is 54.0. The molecule has 12 heteroatoms. The van der Waals surface area contributed by atoms with Gasteiger partial charge in [-0.25, -0.2) is 14.7 Å². The Hall–Kier alpha value is -4.16. The molecule has 0 saturated heterocycles. The lowest BCUT2D eigenvalue weighted by Crippen LogP contribution is -2.33. The van der Waals surface area contributed by atoms with Gasteiger partial charge < -0.3 is 15.2 Å². The standard InChI is InChI=1S/C24H25N5O6S/c1-4-20(31)28-35-36(34)18-11-10-15(2)19(14-18)27-23(32)21(16(3)30)29-13-12-25-22(29)24(33)26-17-8-6-5-7-9-17/h5-14,21H,4H2,1-3H3,(H,26,33)(H,27,32)(H,28,31). The largest absolute Gasteiger partial charge is 0.324 e. The van der Waals surface area contributed by atoms with E-state index in [2.05, 4.69) is 21.1 Å². The molecular weight excluding hydrogens is 486 g/mol. The summed E-state index contributed by atoms with van der Waals surface area (Å²) < 4.78 is 18.4. The average molecular weight is 512 g/mol. The zero-order chi connectivity index (χ0) is 26.2. The molecule has 0 bridgehead atoms. The number of imidazole rings is 1.